The molecule has 2 aromatic carbocycles. The minimum atomic E-state index is -0.106. The minimum absolute atomic E-state index is 0.106. The first-order valence-corrected chi connectivity index (χ1v) is 9.41. The smallest absolute Gasteiger partial charge is 0.230 e. The number of rotatable bonds is 6. The van der Waals surface area contributed by atoms with Gasteiger partial charge in [-0.3, -0.25) is 4.79 Å². The molecule has 0 spiro atoms. The third-order valence-electron chi connectivity index (χ3n) is 4.05. The predicted molar refractivity (Wildman–Crippen MR) is 107 cm³/mol. The highest BCUT2D eigenvalue weighted by molar-refractivity contribution is 8.00. The number of amides is 1. The molecule has 1 N–H and O–H groups in total. The van der Waals surface area contributed by atoms with Gasteiger partial charge >= 0.3 is 0 Å². The molecule has 136 valence electrons. The number of thioether (sulfide) groups is 1. The summed E-state index contributed by atoms with van der Waals surface area (Å²) in [7, 11) is 1.62. The van der Waals surface area contributed by atoms with Gasteiger partial charge in [-0.15, -0.1) is 0 Å². The van der Waals surface area contributed by atoms with E-state index in [1.807, 2.05) is 55.5 Å². The highest BCUT2D eigenvalue weighted by Crippen LogP contribution is 2.25. The summed E-state index contributed by atoms with van der Waals surface area (Å²) in [5, 5.41) is 13.8. The van der Waals surface area contributed by atoms with Gasteiger partial charge in [0, 0.05) is 11.9 Å². The Morgan fingerprint density at radius 3 is 2.70 bits per heavy atom. The number of aryl methyl sites for hydroxylation is 1. The van der Waals surface area contributed by atoms with Gasteiger partial charge in [0.1, 0.15) is 16.8 Å². The maximum Gasteiger partial charge on any atom is 0.230 e. The Kier molecular flexibility index (Phi) is 5.94. The van der Waals surface area contributed by atoms with E-state index in [1.165, 1.54) is 11.8 Å². The maximum absolute atomic E-state index is 12.2. The largest absolute Gasteiger partial charge is 0.497 e. The molecule has 0 fully saturated rings. The number of nitriles is 1. The Morgan fingerprint density at radius 2 is 2.00 bits per heavy atom. The molecule has 5 nitrogen and oxygen atoms in total. The molecule has 1 heterocycles. The van der Waals surface area contributed by atoms with Crippen LogP contribution in [0.15, 0.2) is 53.6 Å². The third kappa shape index (κ3) is 4.78. The minimum Gasteiger partial charge on any atom is -0.497 e. The van der Waals surface area contributed by atoms with Crippen molar-refractivity contribution in [3.05, 3.63) is 65.2 Å². The van der Waals surface area contributed by atoms with Gasteiger partial charge in [0.05, 0.1) is 23.9 Å². The summed E-state index contributed by atoms with van der Waals surface area (Å²) < 4.78 is 5.12. The van der Waals surface area contributed by atoms with Crippen LogP contribution in [0.25, 0.3) is 10.9 Å². The highest BCUT2D eigenvalue weighted by atomic mass is 32.2. The predicted octanol–water partition coefficient (Wildman–Crippen LogP) is 3.83. The van der Waals surface area contributed by atoms with Crippen molar-refractivity contribution in [1.82, 2.24) is 10.3 Å². The van der Waals surface area contributed by atoms with Crippen molar-refractivity contribution >= 4 is 28.6 Å². The monoisotopic (exact) mass is 377 g/mol. The molecular weight excluding hydrogens is 358 g/mol. The second-order valence-electron chi connectivity index (χ2n) is 6.06. The molecule has 1 aromatic heterocycles. The molecule has 0 aliphatic carbocycles. The van der Waals surface area contributed by atoms with Crippen molar-refractivity contribution in [3.8, 4) is 11.8 Å². The molecule has 0 saturated heterocycles. The van der Waals surface area contributed by atoms with Crippen LogP contribution < -0.4 is 10.1 Å². The van der Waals surface area contributed by atoms with E-state index in [0.29, 0.717) is 17.1 Å². The third-order valence-corrected chi connectivity index (χ3v) is 5.04. The summed E-state index contributed by atoms with van der Waals surface area (Å²) in [5.74, 6) is 0.878. The van der Waals surface area contributed by atoms with E-state index in [-0.39, 0.29) is 11.7 Å². The van der Waals surface area contributed by atoms with E-state index >= 15 is 0 Å². The lowest BCUT2D eigenvalue weighted by atomic mass is 10.1. The Morgan fingerprint density at radius 1 is 1.22 bits per heavy atom. The van der Waals surface area contributed by atoms with Gasteiger partial charge in [-0.2, -0.15) is 5.26 Å². The summed E-state index contributed by atoms with van der Waals surface area (Å²) >= 11 is 1.28. The van der Waals surface area contributed by atoms with Crippen LogP contribution in [0.4, 0.5) is 0 Å². The molecule has 3 aromatic rings. The first-order chi connectivity index (χ1) is 13.1. The molecule has 0 aliphatic heterocycles. The van der Waals surface area contributed by atoms with E-state index in [9.17, 15) is 10.1 Å². The zero-order valence-electron chi connectivity index (χ0n) is 15.2. The van der Waals surface area contributed by atoms with Crippen LogP contribution in [0.1, 0.15) is 16.7 Å². The second kappa shape index (κ2) is 8.56. The van der Waals surface area contributed by atoms with Gasteiger partial charge < -0.3 is 10.1 Å². The van der Waals surface area contributed by atoms with Crippen molar-refractivity contribution in [2.24, 2.45) is 0 Å². The van der Waals surface area contributed by atoms with Gasteiger partial charge in [-0.25, -0.2) is 4.98 Å². The lowest BCUT2D eigenvalue weighted by Gasteiger charge is -2.08. The number of hydrogen-bond acceptors (Lipinski definition) is 5. The fraction of sp³-hybridized carbons (Fsp3) is 0.190. The average molecular weight is 377 g/mol. The van der Waals surface area contributed by atoms with Gasteiger partial charge in [-0.05, 0) is 42.3 Å². The molecule has 3 rings (SSSR count). The zero-order chi connectivity index (χ0) is 19.2. The lowest BCUT2D eigenvalue weighted by molar-refractivity contribution is -0.118. The molecule has 0 bridgehead atoms. The zero-order valence-corrected chi connectivity index (χ0v) is 16.0. The topological polar surface area (TPSA) is 75.0 Å². The van der Waals surface area contributed by atoms with Gasteiger partial charge in [0.25, 0.3) is 0 Å². The molecule has 0 unspecified atom stereocenters. The first kappa shape index (κ1) is 18.7. The number of carbonyl (C=O) groups excluding carboxylic acids is 1. The summed E-state index contributed by atoms with van der Waals surface area (Å²) in [5.41, 5.74) is 3.41. The van der Waals surface area contributed by atoms with Crippen LogP contribution in [0, 0.1) is 18.3 Å². The lowest BCUT2D eigenvalue weighted by Crippen LogP contribution is -2.24. The van der Waals surface area contributed by atoms with Crippen LogP contribution in [0.3, 0.4) is 0 Å². The van der Waals surface area contributed by atoms with Crippen LogP contribution >= 0.6 is 11.8 Å². The van der Waals surface area contributed by atoms with Crippen molar-refractivity contribution in [1.29, 1.82) is 5.26 Å². The Bertz CT molecular complexity index is 1010. The number of nitrogens with one attached hydrogen (secondary N) is 1. The average Bonchev–Trinajstić information content (AvgIpc) is 2.70. The molecule has 0 aliphatic rings. The maximum atomic E-state index is 12.2. The summed E-state index contributed by atoms with van der Waals surface area (Å²) in [6, 6.07) is 17.4. The van der Waals surface area contributed by atoms with Crippen molar-refractivity contribution in [3.63, 3.8) is 0 Å². The molecular formula is C21H19N3O2S. The Labute approximate surface area is 162 Å². The van der Waals surface area contributed by atoms with Gasteiger partial charge in [0.2, 0.25) is 5.91 Å². The van der Waals surface area contributed by atoms with Crippen molar-refractivity contribution in [2.75, 3.05) is 12.9 Å². The summed E-state index contributed by atoms with van der Waals surface area (Å²) in [6.07, 6.45) is 0. The van der Waals surface area contributed by atoms with Crippen molar-refractivity contribution in [2.45, 2.75) is 18.5 Å². The number of methoxy groups -OCH3 is 1. The SMILES string of the molecule is COc1ccc(CNC(=O)CSc2nc3cc(C)ccc3cc2C#N)cc1. The first-order valence-electron chi connectivity index (χ1n) is 8.43. The molecule has 0 atom stereocenters. The quantitative estimate of drug-likeness (QED) is 0.661. The van der Waals surface area contributed by atoms with Crippen LogP contribution in [0.2, 0.25) is 0 Å². The number of fused-ring (bicyclic) bond motifs is 1. The fourth-order valence-corrected chi connectivity index (χ4v) is 3.37. The second-order valence-corrected chi connectivity index (χ2v) is 7.03. The Balaban J connectivity index is 1.63. The van der Waals surface area contributed by atoms with Gasteiger partial charge in [0.15, 0.2) is 0 Å². The number of benzene rings is 2. The number of hydrogen-bond donors (Lipinski definition) is 1. The summed E-state index contributed by atoms with van der Waals surface area (Å²) in [6.45, 7) is 2.44. The fourth-order valence-electron chi connectivity index (χ4n) is 2.58. The number of pyridine rings is 1. The molecule has 0 saturated carbocycles. The molecule has 27 heavy (non-hydrogen) atoms. The van der Waals surface area contributed by atoms with E-state index in [0.717, 1.165) is 27.8 Å². The normalized spacial score (nSPS) is 10.4. The van der Waals surface area contributed by atoms with Gasteiger partial charge in [-0.1, -0.05) is 36.0 Å². The number of nitrogens with zero attached hydrogens (tertiary/aromatic N) is 2. The van der Waals surface area contributed by atoms with Crippen molar-refractivity contribution < 1.29 is 9.53 Å². The molecule has 1 amide bonds. The number of carbonyl (C=O) groups is 1. The summed E-state index contributed by atoms with van der Waals surface area (Å²) in [4.78, 5) is 16.7. The van der Waals surface area contributed by atoms with Crippen LogP contribution in [-0.4, -0.2) is 23.8 Å². The molecule has 6 heteroatoms. The number of aromatic nitrogens is 1. The molecule has 0 radical (unpaired) electrons. The van der Waals surface area contributed by atoms with E-state index in [1.54, 1.807) is 7.11 Å². The van der Waals surface area contributed by atoms with E-state index in [4.69, 9.17) is 4.74 Å². The van der Waals surface area contributed by atoms with Crippen LogP contribution in [-0.2, 0) is 11.3 Å². The van der Waals surface area contributed by atoms with E-state index in [2.05, 4.69) is 16.4 Å². The standard InChI is InChI=1S/C21H19N3O2S/c1-14-3-6-16-10-17(11-22)21(24-19(16)9-14)27-13-20(25)23-12-15-4-7-18(26-2)8-5-15/h3-10H,12-13H2,1-2H3,(H,23,25). The Hall–Kier alpha value is -3.04. The number of ether oxygens (including phenoxy) is 1. The van der Waals surface area contributed by atoms with Crippen LogP contribution in [0.5, 0.6) is 5.75 Å². The van der Waals surface area contributed by atoms with E-state index < -0.39 is 0 Å². The highest BCUT2D eigenvalue weighted by Gasteiger charge is 2.10.